The fraction of sp³-hybridized carbons (Fsp3) is 0.333. The number of anilines is 1. The number of rotatable bonds is 9. The molecule has 0 bridgehead atoms. The first-order chi connectivity index (χ1) is 12.6. The molecule has 0 spiro atoms. The third-order valence-corrected chi connectivity index (χ3v) is 4.40. The standard InChI is InChI=1S/C21H28N4O/c1-4-19(5-2)24-14-18(12-22)17-11-20(21(23)25-13-17)26-15(3)16-9-7-6-8-10-16/h6-15,19,22,24H,4-5H2,1-3H3,(H2,23,25)/b18-14+,22-12?. The molecule has 0 aliphatic heterocycles. The number of ether oxygens (including phenoxy) is 1. The summed E-state index contributed by atoms with van der Waals surface area (Å²) in [7, 11) is 0. The summed E-state index contributed by atoms with van der Waals surface area (Å²) < 4.78 is 6.02. The number of pyridine rings is 1. The van der Waals surface area contributed by atoms with Crippen molar-refractivity contribution < 1.29 is 4.74 Å². The summed E-state index contributed by atoms with van der Waals surface area (Å²) >= 11 is 0. The van der Waals surface area contributed by atoms with Crippen molar-refractivity contribution in [1.82, 2.24) is 10.3 Å². The molecule has 0 radical (unpaired) electrons. The number of nitrogen functional groups attached to an aromatic ring is 1. The molecule has 0 saturated carbocycles. The molecule has 0 amide bonds. The Morgan fingerprint density at radius 3 is 2.58 bits per heavy atom. The highest BCUT2D eigenvalue weighted by Gasteiger charge is 2.12. The van der Waals surface area contributed by atoms with Gasteiger partial charge in [0.2, 0.25) is 0 Å². The zero-order chi connectivity index (χ0) is 18.9. The number of hydrogen-bond donors (Lipinski definition) is 3. The molecule has 5 heteroatoms. The van der Waals surface area contributed by atoms with Crippen LogP contribution in [0.3, 0.4) is 0 Å². The van der Waals surface area contributed by atoms with Gasteiger partial charge in [-0.2, -0.15) is 0 Å². The van der Waals surface area contributed by atoms with E-state index in [1.165, 1.54) is 6.21 Å². The second kappa shape index (κ2) is 9.61. The molecule has 1 atom stereocenters. The lowest BCUT2D eigenvalue weighted by Crippen LogP contribution is -2.22. The number of benzene rings is 1. The summed E-state index contributed by atoms with van der Waals surface area (Å²) in [6.07, 6.45) is 6.75. The molecule has 1 unspecified atom stereocenters. The average Bonchev–Trinajstić information content (AvgIpc) is 2.68. The van der Waals surface area contributed by atoms with Crippen LogP contribution >= 0.6 is 0 Å². The van der Waals surface area contributed by atoms with E-state index in [1.807, 2.05) is 49.5 Å². The Kier molecular flexibility index (Phi) is 7.21. The van der Waals surface area contributed by atoms with E-state index in [1.54, 1.807) is 6.20 Å². The fourth-order valence-electron chi connectivity index (χ4n) is 2.63. The van der Waals surface area contributed by atoms with Crippen LogP contribution in [0.1, 0.15) is 50.8 Å². The molecule has 1 aromatic carbocycles. The first kappa shape index (κ1) is 19.5. The number of nitrogens with zero attached hydrogens (tertiary/aromatic N) is 1. The topological polar surface area (TPSA) is 84.0 Å². The van der Waals surface area contributed by atoms with Gasteiger partial charge in [0.15, 0.2) is 11.6 Å². The van der Waals surface area contributed by atoms with Gasteiger partial charge in [-0.25, -0.2) is 4.98 Å². The quantitative estimate of drug-likeness (QED) is 0.577. The molecule has 0 saturated heterocycles. The first-order valence-corrected chi connectivity index (χ1v) is 9.03. The predicted molar refractivity (Wildman–Crippen MR) is 108 cm³/mol. The van der Waals surface area contributed by atoms with Gasteiger partial charge in [0.05, 0.1) is 0 Å². The second-order valence-corrected chi connectivity index (χ2v) is 6.20. The van der Waals surface area contributed by atoms with Gasteiger partial charge in [0, 0.05) is 35.8 Å². The smallest absolute Gasteiger partial charge is 0.166 e. The average molecular weight is 352 g/mol. The Balaban J connectivity index is 2.22. The number of allylic oxidation sites excluding steroid dienone is 1. The lowest BCUT2D eigenvalue weighted by atomic mass is 10.1. The van der Waals surface area contributed by atoms with Crippen LogP contribution in [0.5, 0.6) is 5.75 Å². The second-order valence-electron chi connectivity index (χ2n) is 6.20. The lowest BCUT2D eigenvalue weighted by Gasteiger charge is -2.17. The monoisotopic (exact) mass is 352 g/mol. The Labute approximate surface area is 155 Å². The maximum Gasteiger partial charge on any atom is 0.166 e. The van der Waals surface area contributed by atoms with E-state index in [2.05, 4.69) is 24.1 Å². The van der Waals surface area contributed by atoms with Crippen molar-refractivity contribution in [3.63, 3.8) is 0 Å². The zero-order valence-corrected chi connectivity index (χ0v) is 15.7. The number of hydrogen-bond acceptors (Lipinski definition) is 5. The molecular weight excluding hydrogens is 324 g/mol. The van der Waals surface area contributed by atoms with Crippen molar-refractivity contribution in [2.45, 2.75) is 45.8 Å². The minimum absolute atomic E-state index is 0.148. The first-order valence-electron chi connectivity index (χ1n) is 9.03. The molecule has 1 heterocycles. The summed E-state index contributed by atoms with van der Waals surface area (Å²) in [6.45, 7) is 6.25. The van der Waals surface area contributed by atoms with Crippen LogP contribution in [0.4, 0.5) is 5.82 Å². The Hall–Kier alpha value is -2.82. The predicted octanol–water partition coefficient (Wildman–Crippen LogP) is 4.57. The third kappa shape index (κ3) is 5.09. The van der Waals surface area contributed by atoms with Crippen LogP contribution in [0.25, 0.3) is 5.57 Å². The maximum atomic E-state index is 7.72. The molecule has 0 aliphatic rings. The highest BCUT2D eigenvalue weighted by molar-refractivity contribution is 6.08. The highest BCUT2D eigenvalue weighted by atomic mass is 16.5. The van der Waals surface area contributed by atoms with E-state index < -0.39 is 0 Å². The van der Waals surface area contributed by atoms with Gasteiger partial charge in [0.1, 0.15) is 6.10 Å². The van der Waals surface area contributed by atoms with Crippen molar-refractivity contribution in [2.24, 2.45) is 0 Å². The molecule has 4 N–H and O–H groups in total. The Morgan fingerprint density at radius 1 is 1.27 bits per heavy atom. The van der Waals surface area contributed by atoms with Gasteiger partial charge >= 0.3 is 0 Å². The summed E-state index contributed by atoms with van der Waals surface area (Å²) in [4.78, 5) is 4.24. The van der Waals surface area contributed by atoms with Gasteiger partial charge in [0.25, 0.3) is 0 Å². The van der Waals surface area contributed by atoms with Crippen LogP contribution in [-0.4, -0.2) is 17.2 Å². The van der Waals surface area contributed by atoms with Crippen LogP contribution < -0.4 is 15.8 Å². The van der Waals surface area contributed by atoms with Gasteiger partial charge in [-0.15, -0.1) is 0 Å². The molecular formula is C21H28N4O. The van der Waals surface area contributed by atoms with Crippen molar-refractivity contribution >= 4 is 17.6 Å². The SMILES string of the molecule is CCC(CC)N/C=C(\C=N)c1cnc(N)c(OC(C)c2ccccc2)c1. The number of nitrogens with one attached hydrogen (secondary N) is 2. The fourth-order valence-corrected chi connectivity index (χ4v) is 2.63. The molecule has 0 aliphatic carbocycles. The maximum absolute atomic E-state index is 7.72. The summed E-state index contributed by atoms with van der Waals surface area (Å²) in [5.74, 6) is 0.864. The van der Waals surface area contributed by atoms with Crippen LogP contribution in [0.15, 0.2) is 48.8 Å². The van der Waals surface area contributed by atoms with Crippen LogP contribution in [0.2, 0.25) is 0 Å². The van der Waals surface area contributed by atoms with Crippen LogP contribution in [-0.2, 0) is 0 Å². The minimum Gasteiger partial charge on any atom is -0.482 e. The zero-order valence-electron chi connectivity index (χ0n) is 15.7. The van der Waals surface area contributed by atoms with Crippen LogP contribution in [0, 0.1) is 5.41 Å². The molecule has 0 fully saturated rings. The molecule has 138 valence electrons. The Morgan fingerprint density at radius 2 is 1.96 bits per heavy atom. The van der Waals surface area contributed by atoms with E-state index in [4.69, 9.17) is 15.9 Å². The normalized spacial score (nSPS) is 12.7. The molecule has 1 aromatic heterocycles. The molecule has 2 aromatic rings. The van der Waals surface area contributed by atoms with E-state index in [0.29, 0.717) is 17.6 Å². The largest absolute Gasteiger partial charge is 0.482 e. The van der Waals surface area contributed by atoms with Crippen molar-refractivity contribution in [3.8, 4) is 5.75 Å². The van der Waals surface area contributed by atoms with E-state index >= 15 is 0 Å². The summed E-state index contributed by atoms with van der Waals surface area (Å²) in [6, 6.07) is 12.2. The molecule has 2 rings (SSSR count). The number of aromatic nitrogens is 1. The highest BCUT2D eigenvalue weighted by Crippen LogP contribution is 2.28. The molecule has 5 nitrogen and oxygen atoms in total. The van der Waals surface area contributed by atoms with Gasteiger partial charge < -0.3 is 21.2 Å². The van der Waals surface area contributed by atoms with Gasteiger partial charge in [-0.05, 0) is 31.4 Å². The van der Waals surface area contributed by atoms with E-state index in [9.17, 15) is 0 Å². The van der Waals surface area contributed by atoms with Gasteiger partial charge in [-0.1, -0.05) is 44.2 Å². The molecule has 26 heavy (non-hydrogen) atoms. The van der Waals surface area contributed by atoms with Crippen molar-refractivity contribution in [2.75, 3.05) is 5.73 Å². The minimum atomic E-state index is -0.148. The summed E-state index contributed by atoms with van der Waals surface area (Å²) in [5.41, 5.74) is 8.59. The number of nitrogens with two attached hydrogens (primary N) is 1. The third-order valence-electron chi connectivity index (χ3n) is 4.40. The van der Waals surface area contributed by atoms with E-state index in [-0.39, 0.29) is 6.10 Å². The summed E-state index contributed by atoms with van der Waals surface area (Å²) in [5, 5.41) is 11.1. The van der Waals surface area contributed by atoms with Crippen molar-refractivity contribution in [1.29, 1.82) is 5.41 Å². The van der Waals surface area contributed by atoms with Crippen molar-refractivity contribution in [3.05, 3.63) is 59.9 Å². The van der Waals surface area contributed by atoms with Gasteiger partial charge in [-0.3, -0.25) is 0 Å². The Bertz CT molecular complexity index is 739. The lowest BCUT2D eigenvalue weighted by molar-refractivity contribution is 0.227. The van der Waals surface area contributed by atoms with E-state index in [0.717, 1.165) is 29.5 Å².